The summed E-state index contributed by atoms with van der Waals surface area (Å²) in [6.07, 6.45) is 7.35. The summed E-state index contributed by atoms with van der Waals surface area (Å²) < 4.78 is 0. The second-order valence-electron chi connectivity index (χ2n) is 5.11. The Hall–Kier alpha value is -0.570. The molecule has 86 valence electrons. The molecule has 0 spiro atoms. The van der Waals surface area contributed by atoms with Crippen LogP contribution in [0.5, 0.6) is 0 Å². The molecule has 0 atom stereocenters. The zero-order chi connectivity index (χ0) is 10.7. The van der Waals surface area contributed by atoms with Gasteiger partial charge in [-0.2, -0.15) is 0 Å². The van der Waals surface area contributed by atoms with E-state index in [0.29, 0.717) is 6.54 Å². The molecule has 0 aromatic rings. The van der Waals surface area contributed by atoms with Gasteiger partial charge in [0.2, 0.25) is 5.91 Å². The monoisotopic (exact) mass is 210 g/mol. The normalized spacial score (nSPS) is 23.3. The van der Waals surface area contributed by atoms with Crippen LogP contribution in [-0.4, -0.2) is 24.5 Å². The summed E-state index contributed by atoms with van der Waals surface area (Å²) in [5.74, 6) is 1.03. The van der Waals surface area contributed by atoms with E-state index < -0.39 is 0 Å². The predicted molar refractivity (Wildman–Crippen MR) is 60.6 cm³/mol. The summed E-state index contributed by atoms with van der Waals surface area (Å²) in [6, 6.07) is 0. The van der Waals surface area contributed by atoms with Crippen LogP contribution in [-0.2, 0) is 4.79 Å². The average molecular weight is 210 g/mol. The molecule has 0 aromatic carbocycles. The molecule has 2 N–H and O–H groups in total. The summed E-state index contributed by atoms with van der Waals surface area (Å²) in [5, 5.41) is 6.40. The zero-order valence-corrected chi connectivity index (χ0v) is 9.64. The Balaban J connectivity index is 1.62. The van der Waals surface area contributed by atoms with Gasteiger partial charge in [0.05, 0.1) is 6.54 Å². The summed E-state index contributed by atoms with van der Waals surface area (Å²) in [5.41, 5.74) is 0.151. The van der Waals surface area contributed by atoms with Crippen molar-refractivity contribution in [3.8, 4) is 0 Å². The molecule has 0 aliphatic heterocycles. The predicted octanol–water partition coefficient (Wildman–Crippen LogP) is 1.43. The number of hydrogen-bond donors (Lipinski definition) is 2. The number of nitrogens with one attached hydrogen (secondary N) is 2. The summed E-state index contributed by atoms with van der Waals surface area (Å²) in [7, 11) is 0. The molecule has 2 fully saturated rings. The van der Waals surface area contributed by atoms with Gasteiger partial charge in [-0.05, 0) is 51.0 Å². The molecular formula is C12H22N2O. The highest BCUT2D eigenvalue weighted by molar-refractivity contribution is 5.79. The average Bonchev–Trinajstić information content (AvgIpc) is 2.95. The Morgan fingerprint density at radius 3 is 2.60 bits per heavy atom. The van der Waals surface area contributed by atoms with Gasteiger partial charge in [0.1, 0.15) is 0 Å². The van der Waals surface area contributed by atoms with Gasteiger partial charge < -0.3 is 10.6 Å². The van der Waals surface area contributed by atoms with Crippen LogP contribution in [0.1, 0.15) is 45.4 Å². The number of amides is 1. The third kappa shape index (κ3) is 2.94. The molecule has 1 amide bonds. The van der Waals surface area contributed by atoms with E-state index in [1.54, 1.807) is 0 Å². The Labute approximate surface area is 92.0 Å². The lowest BCUT2D eigenvalue weighted by Crippen LogP contribution is -2.54. The zero-order valence-electron chi connectivity index (χ0n) is 9.64. The second-order valence-corrected chi connectivity index (χ2v) is 5.11. The van der Waals surface area contributed by atoms with E-state index in [1.807, 2.05) is 0 Å². The van der Waals surface area contributed by atoms with Crippen LogP contribution in [0.25, 0.3) is 0 Å². The van der Waals surface area contributed by atoms with E-state index in [0.717, 1.165) is 31.7 Å². The molecule has 2 saturated carbocycles. The fraction of sp³-hybridized carbons (Fsp3) is 0.917. The Kier molecular flexibility index (Phi) is 3.29. The Morgan fingerprint density at radius 2 is 2.13 bits per heavy atom. The number of carbonyl (C=O) groups excluding carboxylic acids is 1. The van der Waals surface area contributed by atoms with Crippen molar-refractivity contribution in [2.24, 2.45) is 5.92 Å². The van der Waals surface area contributed by atoms with Gasteiger partial charge in [-0.1, -0.05) is 6.92 Å². The van der Waals surface area contributed by atoms with Crippen molar-refractivity contribution in [2.75, 3.05) is 13.1 Å². The van der Waals surface area contributed by atoms with Crippen LogP contribution in [0.3, 0.4) is 0 Å². The highest BCUT2D eigenvalue weighted by Gasteiger charge is 2.36. The maximum atomic E-state index is 11.6. The largest absolute Gasteiger partial charge is 0.350 e. The van der Waals surface area contributed by atoms with E-state index in [1.165, 1.54) is 19.3 Å². The first-order valence-corrected chi connectivity index (χ1v) is 6.26. The molecule has 0 saturated heterocycles. The molecule has 2 aliphatic carbocycles. The molecule has 15 heavy (non-hydrogen) atoms. The molecule has 2 rings (SSSR count). The fourth-order valence-corrected chi connectivity index (χ4v) is 2.22. The molecule has 3 nitrogen and oxygen atoms in total. The highest BCUT2D eigenvalue weighted by Crippen LogP contribution is 2.34. The molecule has 0 aromatic heterocycles. The lowest BCUT2D eigenvalue weighted by atomic mass is 9.75. The minimum absolute atomic E-state index is 0.151. The van der Waals surface area contributed by atoms with Gasteiger partial charge >= 0.3 is 0 Å². The molecule has 2 aliphatic rings. The molecule has 0 bridgehead atoms. The quantitative estimate of drug-likeness (QED) is 0.696. The Morgan fingerprint density at radius 1 is 1.40 bits per heavy atom. The third-order valence-electron chi connectivity index (χ3n) is 3.81. The van der Waals surface area contributed by atoms with Crippen molar-refractivity contribution in [1.29, 1.82) is 0 Å². The van der Waals surface area contributed by atoms with Gasteiger partial charge in [-0.3, -0.25) is 4.79 Å². The van der Waals surface area contributed by atoms with Crippen molar-refractivity contribution in [1.82, 2.24) is 10.6 Å². The van der Waals surface area contributed by atoms with Gasteiger partial charge in [-0.15, -0.1) is 0 Å². The third-order valence-corrected chi connectivity index (χ3v) is 3.81. The standard InChI is InChI=1S/C12H22N2O/c1-2-12(6-3-7-12)14-11(15)9-13-8-10-4-5-10/h10,13H,2-9H2,1H3,(H,14,15). The van der Waals surface area contributed by atoms with Gasteiger partial charge in [0.15, 0.2) is 0 Å². The van der Waals surface area contributed by atoms with E-state index in [4.69, 9.17) is 0 Å². The van der Waals surface area contributed by atoms with Crippen molar-refractivity contribution in [2.45, 2.75) is 51.0 Å². The van der Waals surface area contributed by atoms with E-state index in [9.17, 15) is 4.79 Å². The van der Waals surface area contributed by atoms with Gasteiger partial charge in [0, 0.05) is 5.54 Å². The first-order chi connectivity index (χ1) is 7.24. The van der Waals surface area contributed by atoms with Crippen molar-refractivity contribution in [3.63, 3.8) is 0 Å². The van der Waals surface area contributed by atoms with Crippen molar-refractivity contribution >= 4 is 5.91 Å². The minimum Gasteiger partial charge on any atom is -0.350 e. The van der Waals surface area contributed by atoms with Crippen LogP contribution < -0.4 is 10.6 Å². The van der Waals surface area contributed by atoms with E-state index >= 15 is 0 Å². The Bertz CT molecular complexity index is 226. The van der Waals surface area contributed by atoms with E-state index in [2.05, 4.69) is 17.6 Å². The SMILES string of the molecule is CCC1(NC(=O)CNCC2CC2)CCC1. The maximum Gasteiger partial charge on any atom is 0.234 e. The van der Waals surface area contributed by atoms with Gasteiger partial charge in [-0.25, -0.2) is 0 Å². The molecule has 0 unspecified atom stereocenters. The van der Waals surface area contributed by atoms with Crippen LogP contribution in [0, 0.1) is 5.92 Å². The second kappa shape index (κ2) is 4.52. The smallest absolute Gasteiger partial charge is 0.234 e. The van der Waals surface area contributed by atoms with Crippen LogP contribution in [0.2, 0.25) is 0 Å². The van der Waals surface area contributed by atoms with E-state index in [-0.39, 0.29) is 11.4 Å². The molecule has 0 heterocycles. The van der Waals surface area contributed by atoms with Gasteiger partial charge in [0.25, 0.3) is 0 Å². The van der Waals surface area contributed by atoms with Crippen molar-refractivity contribution in [3.05, 3.63) is 0 Å². The van der Waals surface area contributed by atoms with Crippen molar-refractivity contribution < 1.29 is 4.79 Å². The lowest BCUT2D eigenvalue weighted by molar-refractivity contribution is -0.123. The fourth-order valence-electron chi connectivity index (χ4n) is 2.22. The summed E-state index contributed by atoms with van der Waals surface area (Å²) in [4.78, 5) is 11.6. The minimum atomic E-state index is 0.151. The topological polar surface area (TPSA) is 41.1 Å². The van der Waals surface area contributed by atoms with Crippen LogP contribution >= 0.6 is 0 Å². The molecule has 0 radical (unpaired) electrons. The first kappa shape index (κ1) is 10.9. The molecule has 3 heteroatoms. The highest BCUT2D eigenvalue weighted by atomic mass is 16.2. The summed E-state index contributed by atoms with van der Waals surface area (Å²) in [6.45, 7) is 3.68. The van der Waals surface area contributed by atoms with Crippen LogP contribution in [0.15, 0.2) is 0 Å². The number of hydrogen-bond acceptors (Lipinski definition) is 2. The number of rotatable bonds is 6. The summed E-state index contributed by atoms with van der Waals surface area (Å²) >= 11 is 0. The molecular weight excluding hydrogens is 188 g/mol. The first-order valence-electron chi connectivity index (χ1n) is 6.26. The lowest BCUT2D eigenvalue weighted by Gasteiger charge is -2.42. The maximum absolute atomic E-state index is 11.6. The number of carbonyl (C=O) groups is 1. The van der Waals surface area contributed by atoms with Crippen LogP contribution in [0.4, 0.5) is 0 Å².